The number of nitrogens with one attached hydrogen (secondary N) is 3. The number of carboxylic acids is 1. The number of hydrogen-bond acceptors (Lipinski definition) is 4. The summed E-state index contributed by atoms with van der Waals surface area (Å²) in [4.78, 5) is 35.1. The predicted octanol–water partition coefficient (Wildman–Crippen LogP) is 7.18. The standard InChI is InChI=1S/C35H34F2N4O4/c1-35(22-6-4-5-21(17-22)8-11-32(43)44)14-12-31(42)39-15-3-2-7-25-24-13-16-38-29(24)19-28(37)33(25)45-23-9-10-27(36)26(18-23)34-40-20-30(35)41-34/h4-6,9-10,13,16-20,38H,2-3,7-8,11-12,14-15H2,1H3,(H,39,42)(H,40,41)(H,43,44). The van der Waals surface area contributed by atoms with Crippen LogP contribution >= 0.6 is 0 Å². The number of ether oxygens (including phenoxy) is 1. The summed E-state index contributed by atoms with van der Waals surface area (Å²) in [6, 6.07) is 15.2. The Bertz CT molecular complexity index is 1880. The van der Waals surface area contributed by atoms with Crippen molar-refractivity contribution in [1.29, 1.82) is 0 Å². The maximum Gasteiger partial charge on any atom is 0.303 e. The SMILES string of the molecule is CC1(c2cccc(CCC(=O)O)c2)CCC(=O)NCCCCc2c(c(F)cc3[nH]ccc23)Oc2ccc(F)c(c2)-c2ncc1[nH]2. The fraction of sp³-hybridized carbons (Fsp3) is 0.286. The Morgan fingerprint density at radius 2 is 1.93 bits per heavy atom. The van der Waals surface area contributed by atoms with Gasteiger partial charge < -0.3 is 25.1 Å². The highest BCUT2D eigenvalue weighted by atomic mass is 19.1. The molecule has 1 atom stereocenters. The van der Waals surface area contributed by atoms with E-state index in [1.54, 1.807) is 12.4 Å². The second kappa shape index (κ2) is 12.6. The molecule has 4 bridgehead atoms. The predicted molar refractivity (Wildman–Crippen MR) is 166 cm³/mol. The number of carboxylic acid groups (broad SMARTS) is 1. The van der Waals surface area contributed by atoms with Gasteiger partial charge in [0.1, 0.15) is 17.4 Å². The van der Waals surface area contributed by atoms with Crippen LogP contribution in [0.1, 0.15) is 61.4 Å². The highest BCUT2D eigenvalue weighted by Crippen LogP contribution is 2.39. The average Bonchev–Trinajstić information content (AvgIpc) is 3.71. The van der Waals surface area contributed by atoms with Crippen LogP contribution in [-0.2, 0) is 27.8 Å². The number of rotatable bonds is 4. The Hall–Kier alpha value is -4.99. The highest BCUT2D eigenvalue weighted by Gasteiger charge is 2.32. The summed E-state index contributed by atoms with van der Waals surface area (Å²) in [6.45, 7) is 2.46. The van der Waals surface area contributed by atoms with Crippen molar-refractivity contribution in [3.63, 3.8) is 0 Å². The van der Waals surface area contributed by atoms with Gasteiger partial charge in [0.15, 0.2) is 11.6 Å². The molecule has 10 heteroatoms. The van der Waals surface area contributed by atoms with E-state index in [1.807, 2.05) is 37.3 Å². The molecule has 0 saturated carbocycles. The third kappa shape index (κ3) is 6.31. The molecule has 3 aromatic carbocycles. The number of aliphatic carboxylic acids is 1. The summed E-state index contributed by atoms with van der Waals surface area (Å²) in [6.07, 6.45) is 6.28. The largest absolute Gasteiger partial charge is 0.481 e. The van der Waals surface area contributed by atoms with Crippen molar-refractivity contribution in [3.8, 4) is 22.9 Å². The quantitative estimate of drug-likeness (QED) is 0.171. The fourth-order valence-corrected chi connectivity index (χ4v) is 6.05. The maximum atomic E-state index is 15.4. The molecule has 232 valence electrons. The van der Waals surface area contributed by atoms with Crippen LogP contribution in [-0.4, -0.2) is 38.5 Å². The van der Waals surface area contributed by atoms with Gasteiger partial charge in [-0.05, 0) is 74.4 Å². The topological polar surface area (TPSA) is 120 Å². The number of aromatic nitrogens is 3. The van der Waals surface area contributed by atoms with Crippen molar-refractivity contribution < 1.29 is 28.2 Å². The zero-order chi connectivity index (χ0) is 31.6. The zero-order valence-corrected chi connectivity index (χ0v) is 24.9. The minimum atomic E-state index is -0.880. The van der Waals surface area contributed by atoms with E-state index in [2.05, 4.69) is 20.3 Å². The van der Waals surface area contributed by atoms with E-state index in [4.69, 9.17) is 4.74 Å². The molecule has 1 aliphatic heterocycles. The minimum absolute atomic E-state index is 0.00108. The van der Waals surface area contributed by atoms with Crippen LogP contribution in [0, 0.1) is 11.6 Å². The molecule has 0 fully saturated rings. The third-order valence-corrected chi connectivity index (χ3v) is 8.67. The van der Waals surface area contributed by atoms with E-state index in [0.717, 1.165) is 16.5 Å². The summed E-state index contributed by atoms with van der Waals surface area (Å²) in [5.41, 5.74) is 3.18. The van der Waals surface area contributed by atoms with Crippen LogP contribution in [0.15, 0.2) is 67.0 Å². The summed E-state index contributed by atoms with van der Waals surface area (Å²) >= 11 is 0. The molecule has 0 spiro atoms. The van der Waals surface area contributed by atoms with Gasteiger partial charge in [-0.2, -0.15) is 0 Å². The van der Waals surface area contributed by atoms with Crippen LogP contribution < -0.4 is 10.1 Å². The van der Waals surface area contributed by atoms with E-state index in [1.165, 1.54) is 24.3 Å². The molecule has 4 N–H and O–H groups in total. The van der Waals surface area contributed by atoms with Gasteiger partial charge in [-0.15, -0.1) is 0 Å². The number of halogens is 2. The fourth-order valence-electron chi connectivity index (χ4n) is 6.05. The van der Waals surface area contributed by atoms with Gasteiger partial charge in [-0.3, -0.25) is 9.59 Å². The Balaban J connectivity index is 1.42. The number of benzene rings is 3. The molecule has 1 amide bonds. The number of H-pyrrole nitrogens is 2. The number of fused-ring (bicyclic) bond motifs is 8. The molecule has 6 rings (SSSR count). The Kier molecular flexibility index (Phi) is 8.38. The Morgan fingerprint density at radius 1 is 1.07 bits per heavy atom. The van der Waals surface area contributed by atoms with Gasteiger partial charge in [0.2, 0.25) is 5.91 Å². The molecule has 1 unspecified atom stereocenters. The zero-order valence-electron chi connectivity index (χ0n) is 24.9. The lowest BCUT2D eigenvalue weighted by Gasteiger charge is -2.29. The number of amides is 1. The molecule has 0 aliphatic carbocycles. The molecule has 8 nitrogen and oxygen atoms in total. The Labute approximate surface area is 258 Å². The van der Waals surface area contributed by atoms with Gasteiger partial charge >= 0.3 is 5.97 Å². The highest BCUT2D eigenvalue weighted by molar-refractivity contribution is 5.85. The van der Waals surface area contributed by atoms with E-state index in [0.29, 0.717) is 55.4 Å². The number of aromatic amines is 2. The number of imidazole rings is 1. The first-order chi connectivity index (χ1) is 21.7. The molecule has 0 radical (unpaired) electrons. The van der Waals surface area contributed by atoms with Crippen LogP contribution in [0.25, 0.3) is 22.3 Å². The molecule has 3 heterocycles. The summed E-state index contributed by atoms with van der Waals surface area (Å²) in [5, 5.41) is 13.0. The lowest BCUT2D eigenvalue weighted by atomic mass is 9.75. The van der Waals surface area contributed by atoms with Crippen LogP contribution in [0.4, 0.5) is 8.78 Å². The van der Waals surface area contributed by atoms with Gasteiger partial charge in [-0.1, -0.05) is 24.3 Å². The van der Waals surface area contributed by atoms with E-state index < -0.39 is 23.0 Å². The van der Waals surface area contributed by atoms with E-state index in [-0.39, 0.29) is 41.6 Å². The number of carbonyl (C=O) groups excluding carboxylic acids is 1. The van der Waals surface area contributed by atoms with Crippen molar-refractivity contribution in [3.05, 3.63) is 101 Å². The normalized spacial score (nSPS) is 17.5. The summed E-state index contributed by atoms with van der Waals surface area (Å²) < 4.78 is 36.8. The first-order valence-electron chi connectivity index (χ1n) is 15.1. The molecule has 1 aliphatic rings. The van der Waals surface area contributed by atoms with Gasteiger partial charge in [0, 0.05) is 65.4 Å². The lowest BCUT2D eigenvalue weighted by Crippen LogP contribution is -2.30. The monoisotopic (exact) mass is 612 g/mol. The first kappa shape index (κ1) is 30.1. The van der Waals surface area contributed by atoms with Crippen molar-refractivity contribution in [2.24, 2.45) is 0 Å². The minimum Gasteiger partial charge on any atom is -0.481 e. The number of nitrogens with zero attached hydrogens (tertiary/aromatic N) is 1. The number of hydrogen-bond donors (Lipinski definition) is 4. The van der Waals surface area contributed by atoms with Crippen molar-refractivity contribution >= 4 is 22.8 Å². The summed E-state index contributed by atoms with van der Waals surface area (Å²) in [5.74, 6) is -1.44. The van der Waals surface area contributed by atoms with Crippen LogP contribution in [0.3, 0.4) is 0 Å². The van der Waals surface area contributed by atoms with Gasteiger partial charge in [0.05, 0.1) is 5.56 Å². The Morgan fingerprint density at radius 3 is 2.78 bits per heavy atom. The lowest BCUT2D eigenvalue weighted by molar-refractivity contribution is -0.137. The third-order valence-electron chi connectivity index (χ3n) is 8.67. The second-order valence-corrected chi connectivity index (χ2v) is 11.7. The smallest absolute Gasteiger partial charge is 0.303 e. The van der Waals surface area contributed by atoms with Crippen molar-refractivity contribution in [1.82, 2.24) is 20.3 Å². The van der Waals surface area contributed by atoms with E-state index in [9.17, 15) is 14.7 Å². The van der Waals surface area contributed by atoms with Gasteiger partial charge in [-0.25, -0.2) is 13.8 Å². The molecule has 2 aromatic heterocycles. The number of aryl methyl sites for hydroxylation is 2. The summed E-state index contributed by atoms with van der Waals surface area (Å²) in [7, 11) is 0. The second-order valence-electron chi connectivity index (χ2n) is 11.7. The number of carbonyl (C=O) groups is 2. The molecular formula is C35H34F2N4O4. The average molecular weight is 613 g/mol. The molecule has 0 saturated heterocycles. The van der Waals surface area contributed by atoms with Crippen LogP contribution in [0.5, 0.6) is 11.5 Å². The molecule has 5 aromatic rings. The van der Waals surface area contributed by atoms with Crippen molar-refractivity contribution in [2.75, 3.05) is 6.54 Å². The first-order valence-corrected chi connectivity index (χ1v) is 15.1. The maximum absolute atomic E-state index is 15.4. The van der Waals surface area contributed by atoms with E-state index >= 15 is 8.78 Å². The van der Waals surface area contributed by atoms with Crippen LogP contribution in [0.2, 0.25) is 0 Å². The molecular weight excluding hydrogens is 578 g/mol. The molecule has 45 heavy (non-hydrogen) atoms. The van der Waals surface area contributed by atoms with Gasteiger partial charge in [0.25, 0.3) is 0 Å². The van der Waals surface area contributed by atoms with Crippen molar-refractivity contribution in [2.45, 2.75) is 57.3 Å².